The summed E-state index contributed by atoms with van der Waals surface area (Å²) in [5, 5.41) is 1.55. The first kappa shape index (κ1) is 30.0. The third kappa shape index (κ3) is 9.69. The highest BCUT2D eigenvalue weighted by Crippen LogP contribution is 2.51. The Hall–Kier alpha value is -2.19. The summed E-state index contributed by atoms with van der Waals surface area (Å²) >= 11 is 0. The molecule has 0 saturated heterocycles. The smallest absolute Gasteiger partial charge is 0.305 e. The van der Waals surface area contributed by atoms with Crippen LogP contribution in [0.1, 0.15) is 96.8 Å². The van der Waals surface area contributed by atoms with Crippen LogP contribution in [0.3, 0.4) is 0 Å². The van der Waals surface area contributed by atoms with Gasteiger partial charge in [0, 0.05) is 23.5 Å². The van der Waals surface area contributed by atoms with Crippen molar-refractivity contribution in [2.75, 3.05) is 7.11 Å². The number of unbranched alkanes of at least 4 members (excludes halogenated alkanes) is 9. The minimum Gasteiger partial charge on any atom is -0.469 e. The molecule has 1 unspecified atom stereocenters. The van der Waals surface area contributed by atoms with E-state index in [9.17, 15) is 14.2 Å². The van der Waals surface area contributed by atoms with E-state index < -0.39 is 12.8 Å². The third-order valence-corrected chi connectivity index (χ3v) is 10.5. The fourth-order valence-corrected chi connectivity index (χ4v) is 8.17. The molecular formula is C31H45O4P. The molecule has 0 N–H and O–H groups in total. The molecule has 0 saturated carbocycles. The fraction of sp³-hybridized carbons (Fsp3) is 0.548. The first-order valence-corrected chi connectivity index (χ1v) is 15.6. The molecule has 36 heavy (non-hydrogen) atoms. The van der Waals surface area contributed by atoms with Crippen LogP contribution in [0.5, 0.6) is 0 Å². The average molecular weight is 513 g/mol. The van der Waals surface area contributed by atoms with Crippen LogP contribution in [0.4, 0.5) is 0 Å². The van der Waals surface area contributed by atoms with E-state index in [-0.39, 0.29) is 11.8 Å². The summed E-state index contributed by atoms with van der Waals surface area (Å²) in [7, 11) is -1.74. The van der Waals surface area contributed by atoms with Gasteiger partial charge in [-0.05, 0) is 19.3 Å². The van der Waals surface area contributed by atoms with Gasteiger partial charge in [0.25, 0.3) is 0 Å². The quantitative estimate of drug-likeness (QED) is 0.110. The van der Waals surface area contributed by atoms with Crippen molar-refractivity contribution in [3.63, 3.8) is 0 Å². The summed E-state index contributed by atoms with van der Waals surface area (Å²) in [6.45, 7) is 2.22. The van der Waals surface area contributed by atoms with Gasteiger partial charge in [-0.25, -0.2) is 0 Å². The molecule has 0 aromatic heterocycles. The molecule has 0 aliphatic rings. The van der Waals surface area contributed by atoms with Crippen molar-refractivity contribution in [3.05, 3.63) is 60.7 Å². The number of ketones is 1. The summed E-state index contributed by atoms with van der Waals surface area (Å²) in [5.41, 5.74) is -0.493. The number of carbonyl (C=O) groups excluding carboxylic acids is 2. The summed E-state index contributed by atoms with van der Waals surface area (Å²) in [4.78, 5) is 25.0. The van der Waals surface area contributed by atoms with E-state index in [0.717, 1.165) is 49.1 Å². The van der Waals surface area contributed by atoms with Gasteiger partial charge >= 0.3 is 5.97 Å². The number of Topliss-reactive ketones (excluding diaryl/α,β-unsaturated/α-hetero) is 1. The Morgan fingerprint density at radius 2 is 1.17 bits per heavy atom. The highest BCUT2D eigenvalue weighted by Gasteiger charge is 2.40. The maximum Gasteiger partial charge on any atom is 0.305 e. The molecule has 5 heteroatoms. The molecule has 0 fully saturated rings. The van der Waals surface area contributed by atoms with Crippen molar-refractivity contribution in [1.29, 1.82) is 0 Å². The lowest BCUT2D eigenvalue weighted by atomic mass is 10.0. The predicted octanol–water partition coefficient (Wildman–Crippen LogP) is 7.59. The average Bonchev–Trinajstić information content (AvgIpc) is 2.92. The molecule has 2 aromatic rings. The molecule has 0 amide bonds. The van der Waals surface area contributed by atoms with Crippen molar-refractivity contribution in [2.45, 2.75) is 102 Å². The van der Waals surface area contributed by atoms with Crippen molar-refractivity contribution in [3.8, 4) is 0 Å². The fourth-order valence-electron chi connectivity index (χ4n) is 4.84. The van der Waals surface area contributed by atoms with Crippen LogP contribution in [0, 0.1) is 0 Å². The second-order valence-corrected chi connectivity index (χ2v) is 12.7. The summed E-state index contributed by atoms with van der Waals surface area (Å²) < 4.78 is 19.6. The van der Waals surface area contributed by atoms with Crippen LogP contribution in [-0.2, 0) is 18.9 Å². The number of rotatable bonds is 19. The standard InChI is InChI=1S/C31H45O4P/c1-3-4-5-6-7-8-18-25-30(29(32)24-17-9-10-19-26-31(33)35-2)36(34,27-20-13-11-14-21-27)28-22-15-12-16-23-28/h11-16,20-23,30H,3-10,17-19,24-26H2,1-2H3. The van der Waals surface area contributed by atoms with Crippen molar-refractivity contribution in [1.82, 2.24) is 0 Å². The molecule has 198 valence electrons. The van der Waals surface area contributed by atoms with Gasteiger partial charge in [0.2, 0.25) is 0 Å². The molecule has 1 atom stereocenters. The number of carbonyl (C=O) groups is 2. The Labute approximate surface area is 218 Å². The predicted molar refractivity (Wildman–Crippen MR) is 151 cm³/mol. The SMILES string of the molecule is CCCCCCCCCC(C(=O)CCCCCCC(=O)OC)P(=O)(c1ccccc1)c1ccccc1. The topological polar surface area (TPSA) is 60.4 Å². The van der Waals surface area contributed by atoms with Crippen LogP contribution in [0.2, 0.25) is 0 Å². The normalized spacial score (nSPS) is 12.3. The molecule has 0 aliphatic heterocycles. The number of esters is 1. The van der Waals surface area contributed by atoms with E-state index in [1.165, 1.54) is 39.2 Å². The van der Waals surface area contributed by atoms with Gasteiger partial charge in [0.15, 0.2) is 7.14 Å². The van der Waals surface area contributed by atoms with E-state index in [0.29, 0.717) is 19.3 Å². The van der Waals surface area contributed by atoms with Gasteiger partial charge in [-0.3, -0.25) is 9.59 Å². The minimum atomic E-state index is -3.15. The van der Waals surface area contributed by atoms with E-state index in [1.807, 2.05) is 60.7 Å². The second kappa shape index (κ2) is 17.3. The molecule has 2 aromatic carbocycles. The van der Waals surface area contributed by atoms with Gasteiger partial charge in [0.1, 0.15) is 5.78 Å². The van der Waals surface area contributed by atoms with E-state index in [4.69, 9.17) is 4.74 Å². The lowest BCUT2D eigenvalue weighted by molar-refractivity contribution is -0.140. The molecule has 2 rings (SSSR count). The summed E-state index contributed by atoms with van der Waals surface area (Å²) in [6, 6.07) is 19.2. The van der Waals surface area contributed by atoms with Gasteiger partial charge in [0.05, 0.1) is 12.8 Å². The summed E-state index contributed by atoms with van der Waals surface area (Å²) in [5.74, 6) is -0.0718. The molecular weight excluding hydrogens is 467 g/mol. The summed E-state index contributed by atoms with van der Waals surface area (Å²) in [6.07, 6.45) is 13.0. The molecule has 0 aliphatic carbocycles. The maximum absolute atomic E-state index is 14.9. The number of hydrogen-bond acceptors (Lipinski definition) is 4. The third-order valence-electron chi connectivity index (χ3n) is 6.95. The van der Waals surface area contributed by atoms with Crippen molar-refractivity contribution < 1.29 is 18.9 Å². The zero-order chi connectivity index (χ0) is 26.1. The number of benzene rings is 2. The van der Waals surface area contributed by atoms with Gasteiger partial charge in [-0.2, -0.15) is 0 Å². The van der Waals surface area contributed by atoms with Crippen molar-refractivity contribution in [2.24, 2.45) is 0 Å². The zero-order valence-corrected chi connectivity index (χ0v) is 23.2. The van der Waals surface area contributed by atoms with Crippen molar-refractivity contribution >= 4 is 29.5 Å². The van der Waals surface area contributed by atoms with Crippen LogP contribution in [-0.4, -0.2) is 24.5 Å². The molecule has 0 heterocycles. The maximum atomic E-state index is 14.9. The van der Waals surface area contributed by atoms with E-state index >= 15 is 0 Å². The first-order chi connectivity index (χ1) is 17.5. The van der Waals surface area contributed by atoms with Crippen LogP contribution < -0.4 is 10.6 Å². The largest absolute Gasteiger partial charge is 0.469 e. The monoisotopic (exact) mass is 512 g/mol. The molecule has 0 radical (unpaired) electrons. The highest BCUT2D eigenvalue weighted by molar-refractivity contribution is 7.80. The highest BCUT2D eigenvalue weighted by atomic mass is 31.2. The zero-order valence-electron chi connectivity index (χ0n) is 22.3. The van der Waals surface area contributed by atoms with E-state index in [1.54, 1.807) is 0 Å². The number of methoxy groups -OCH3 is 1. The van der Waals surface area contributed by atoms with Crippen LogP contribution >= 0.6 is 7.14 Å². The second-order valence-electron chi connectivity index (χ2n) is 9.71. The van der Waals surface area contributed by atoms with Crippen LogP contribution in [0.15, 0.2) is 60.7 Å². The van der Waals surface area contributed by atoms with Gasteiger partial charge < -0.3 is 9.30 Å². The Kier molecular flexibility index (Phi) is 14.4. The number of hydrogen-bond donors (Lipinski definition) is 0. The Morgan fingerprint density at radius 3 is 1.69 bits per heavy atom. The first-order valence-electron chi connectivity index (χ1n) is 13.8. The Balaban J connectivity index is 2.14. The Bertz CT molecular complexity index is 883. The van der Waals surface area contributed by atoms with Gasteiger partial charge in [-0.15, -0.1) is 0 Å². The Morgan fingerprint density at radius 1 is 0.694 bits per heavy atom. The number of ether oxygens (including phenoxy) is 1. The molecule has 0 spiro atoms. The lowest BCUT2D eigenvalue weighted by Crippen LogP contribution is -2.32. The van der Waals surface area contributed by atoms with E-state index in [2.05, 4.69) is 6.92 Å². The molecule has 0 bridgehead atoms. The lowest BCUT2D eigenvalue weighted by Gasteiger charge is -2.28. The van der Waals surface area contributed by atoms with Crippen LogP contribution in [0.25, 0.3) is 0 Å². The molecule has 4 nitrogen and oxygen atoms in total. The van der Waals surface area contributed by atoms with Gasteiger partial charge in [-0.1, -0.05) is 125 Å². The minimum absolute atomic E-state index is 0.116.